The van der Waals surface area contributed by atoms with Crippen LogP contribution in [0.1, 0.15) is 38.4 Å². The van der Waals surface area contributed by atoms with Crippen LogP contribution in [0, 0.1) is 0 Å². The lowest BCUT2D eigenvalue weighted by atomic mass is 9.98. The first-order valence-corrected chi connectivity index (χ1v) is 12.8. The number of rotatable bonds is 7. The Morgan fingerprint density at radius 2 is 2.13 bits per heavy atom. The average molecular weight is 458 g/mol. The molecule has 3 heterocycles. The molecule has 0 aliphatic heterocycles. The average Bonchev–Trinajstić information content (AvgIpc) is 3.40. The Kier molecular flexibility index (Phi) is 6.29. The van der Waals surface area contributed by atoms with Gasteiger partial charge in [-0.25, -0.2) is 9.97 Å². The summed E-state index contributed by atoms with van der Waals surface area (Å²) in [4.78, 5) is 9.98. The van der Waals surface area contributed by atoms with Gasteiger partial charge in [-0.15, -0.1) is 22.7 Å². The number of anilines is 1. The van der Waals surface area contributed by atoms with E-state index in [2.05, 4.69) is 11.9 Å². The molecule has 0 saturated heterocycles. The minimum Gasteiger partial charge on any atom is -0.396 e. The molecule has 0 radical (unpaired) electrons. The SMILES string of the molecule is CCCCS(=O)c1sc2nc(-c3nccs3)cc(-c3cccc(C(C)O)c3)c2c1N. The van der Waals surface area contributed by atoms with E-state index in [1.165, 1.54) is 22.7 Å². The maximum absolute atomic E-state index is 12.9. The molecule has 0 aliphatic carbocycles. The first-order chi connectivity index (χ1) is 14.5. The van der Waals surface area contributed by atoms with Crippen LogP contribution in [-0.4, -0.2) is 25.0 Å². The maximum Gasteiger partial charge on any atom is 0.141 e. The van der Waals surface area contributed by atoms with Crippen molar-refractivity contribution in [3.63, 3.8) is 0 Å². The van der Waals surface area contributed by atoms with Crippen LogP contribution >= 0.6 is 22.7 Å². The molecule has 5 nitrogen and oxygen atoms in total. The van der Waals surface area contributed by atoms with E-state index in [4.69, 9.17) is 10.7 Å². The number of unbranched alkanes of at least 4 members (excludes halogenated alkanes) is 1. The van der Waals surface area contributed by atoms with Crippen LogP contribution in [-0.2, 0) is 10.8 Å². The van der Waals surface area contributed by atoms with Gasteiger partial charge in [-0.05, 0) is 42.2 Å². The molecule has 0 spiro atoms. The zero-order valence-corrected chi connectivity index (χ0v) is 19.2. The van der Waals surface area contributed by atoms with E-state index in [1.807, 2.05) is 35.7 Å². The fraction of sp³-hybridized carbons (Fsp3) is 0.273. The van der Waals surface area contributed by atoms with Crippen LogP contribution in [0.15, 0.2) is 46.1 Å². The number of nitrogens with zero attached hydrogens (tertiary/aromatic N) is 2. The first-order valence-electron chi connectivity index (χ1n) is 9.79. The molecule has 3 N–H and O–H groups in total. The monoisotopic (exact) mass is 457 g/mol. The molecule has 1 aromatic carbocycles. The van der Waals surface area contributed by atoms with Crippen molar-refractivity contribution >= 4 is 49.4 Å². The fourth-order valence-corrected chi connectivity index (χ4v) is 6.68. The zero-order chi connectivity index (χ0) is 21.3. The number of pyridine rings is 1. The highest BCUT2D eigenvalue weighted by atomic mass is 32.2. The van der Waals surface area contributed by atoms with E-state index in [0.29, 0.717) is 15.6 Å². The van der Waals surface area contributed by atoms with Gasteiger partial charge in [-0.3, -0.25) is 4.21 Å². The van der Waals surface area contributed by atoms with E-state index in [-0.39, 0.29) is 0 Å². The topological polar surface area (TPSA) is 89.1 Å². The van der Waals surface area contributed by atoms with Crippen molar-refractivity contribution in [1.82, 2.24) is 9.97 Å². The molecule has 4 rings (SSSR count). The second-order valence-electron chi connectivity index (χ2n) is 7.08. The molecule has 3 aromatic heterocycles. The smallest absolute Gasteiger partial charge is 0.141 e. The third-order valence-corrected chi connectivity index (χ3v) is 8.68. The molecule has 156 valence electrons. The van der Waals surface area contributed by atoms with Crippen LogP contribution in [0.2, 0.25) is 0 Å². The fourth-order valence-electron chi connectivity index (χ4n) is 3.29. The molecule has 0 amide bonds. The Morgan fingerprint density at radius 1 is 1.30 bits per heavy atom. The van der Waals surface area contributed by atoms with Crippen LogP contribution in [0.3, 0.4) is 0 Å². The van der Waals surface area contributed by atoms with E-state index < -0.39 is 16.9 Å². The predicted octanol–water partition coefficient (Wildman–Crippen LogP) is 5.63. The lowest BCUT2D eigenvalue weighted by Crippen LogP contribution is -1.99. The van der Waals surface area contributed by atoms with Gasteiger partial charge in [0.1, 0.15) is 19.7 Å². The van der Waals surface area contributed by atoms with Crippen molar-refractivity contribution in [1.29, 1.82) is 0 Å². The number of aromatic nitrogens is 2. The van der Waals surface area contributed by atoms with Crippen molar-refractivity contribution < 1.29 is 9.32 Å². The Balaban J connectivity index is 1.95. The quantitative estimate of drug-likeness (QED) is 0.375. The van der Waals surface area contributed by atoms with Gasteiger partial charge in [-0.2, -0.15) is 0 Å². The molecule has 0 bridgehead atoms. The number of benzene rings is 1. The Morgan fingerprint density at radius 3 is 2.83 bits per heavy atom. The number of hydrogen-bond donors (Lipinski definition) is 2. The third kappa shape index (κ3) is 4.05. The van der Waals surface area contributed by atoms with Crippen LogP contribution < -0.4 is 5.73 Å². The van der Waals surface area contributed by atoms with E-state index >= 15 is 0 Å². The number of nitrogens with two attached hydrogens (primary N) is 1. The second kappa shape index (κ2) is 8.93. The molecule has 2 unspecified atom stereocenters. The van der Waals surface area contributed by atoms with Gasteiger partial charge in [0.25, 0.3) is 0 Å². The Bertz CT molecular complexity index is 1200. The summed E-state index contributed by atoms with van der Waals surface area (Å²) in [7, 11) is -1.15. The molecule has 30 heavy (non-hydrogen) atoms. The minimum absolute atomic E-state index is 0.542. The van der Waals surface area contributed by atoms with Gasteiger partial charge in [0.05, 0.1) is 22.6 Å². The lowest BCUT2D eigenvalue weighted by molar-refractivity contribution is 0.199. The number of hydrogen-bond acceptors (Lipinski definition) is 7. The number of thiazole rings is 1. The van der Waals surface area contributed by atoms with Crippen LogP contribution in [0.5, 0.6) is 0 Å². The Hall–Kier alpha value is -2.13. The van der Waals surface area contributed by atoms with Gasteiger partial charge < -0.3 is 10.8 Å². The zero-order valence-electron chi connectivity index (χ0n) is 16.8. The highest BCUT2D eigenvalue weighted by Gasteiger charge is 2.21. The lowest BCUT2D eigenvalue weighted by Gasteiger charge is -2.11. The molecule has 2 atom stereocenters. The van der Waals surface area contributed by atoms with Gasteiger partial charge in [0, 0.05) is 22.7 Å². The number of aliphatic hydroxyl groups is 1. The largest absolute Gasteiger partial charge is 0.396 e. The Labute approximate surface area is 186 Å². The summed E-state index contributed by atoms with van der Waals surface area (Å²) in [5.74, 6) is 0.597. The van der Waals surface area contributed by atoms with Crippen LogP contribution in [0.25, 0.3) is 32.0 Å². The minimum atomic E-state index is -1.15. The first kappa shape index (κ1) is 21.1. The third-order valence-electron chi connectivity index (χ3n) is 4.89. The van der Waals surface area contributed by atoms with E-state index in [1.54, 1.807) is 13.1 Å². The highest BCUT2D eigenvalue weighted by Crippen LogP contribution is 2.43. The molecule has 0 aliphatic rings. The normalized spacial score (nSPS) is 13.6. The van der Waals surface area contributed by atoms with Gasteiger partial charge in [0.15, 0.2) is 0 Å². The number of thiophene rings is 1. The van der Waals surface area contributed by atoms with E-state index in [0.717, 1.165) is 50.5 Å². The summed E-state index contributed by atoms with van der Waals surface area (Å²) in [6.45, 7) is 3.83. The molecule has 0 fully saturated rings. The van der Waals surface area contributed by atoms with Crippen molar-refractivity contribution in [3.8, 4) is 21.8 Å². The highest BCUT2D eigenvalue weighted by molar-refractivity contribution is 7.87. The number of fused-ring (bicyclic) bond motifs is 1. The molecular weight excluding hydrogens is 434 g/mol. The predicted molar refractivity (Wildman–Crippen MR) is 127 cm³/mol. The molecule has 4 aromatic rings. The van der Waals surface area contributed by atoms with Crippen molar-refractivity contribution in [3.05, 3.63) is 47.5 Å². The molecule has 8 heteroatoms. The molecular formula is C22H23N3O2S3. The van der Waals surface area contributed by atoms with Gasteiger partial charge in [-0.1, -0.05) is 31.5 Å². The number of aliphatic hydroxyl groups excluding tert-OH is 1. The van der Waals surface area contributed by atoms with Crippen molar-refractivity contribution in [2.45, 2.75) is 37.0 Å². The van der Waals surface area contributed by atoms with Crippen molar-refractivity contribution in [2.75, 3.05) is 11.5 Å². The maximum atomic E-state index is 12.9. The summed E-state index contributed by atoms with van der Waals surface area (Å²) in [6.07, 6.45) is 3.06. The van der Waals surface area contributed by atoms with Gasteiger partial charge in [0.2, 0.25) is 0 Å². The summed E-state index contributed by atoms with van der Waals surface area (Å²) in [5.41, 5.74) is 10.5. The van der Waals surface area contributed by atoms with Gasteiger partial charge >= 0.3 is 0 Å². The summed E-state index contributed by atoms with van der Waals surface area (Å²) < 4.78 is 13.6. The molecule has 0 saturated carbocycles. The van der Waals surface area contributed by atoms with E-state index in [9.17, 15) is 9.32 Å². The number of nitrogen functional groups attached to an aromatic ring is 1. The summed E-state index contributed by atoms with van der Waals surface area (Å²) in [5, 5.41) is 13.6. The summed E-state index contributed by atoms with van der Waals surface area (Å²) >= 11 is 2.93. The summed E-state index contributed by atoms with van der Waals surface area (Å²) in [6, 6.07) is 9.78. The second-order valence-corrected chi connectivity index (χ2v) is 10.7. The van der Waals surface area contributed by atoms with Crippen LogP contribution in [0.4, 0.5) is 5.69 Å². The van der Waals surface area contributed by atoms with Crippen molar-refractivity contribution in [2.24, 2.45) is 0 Å². The standard InChI is InChI=1S/C22H23N3O2S3/c1-3-4-10-30(27)22-19(23)18-16(15-7-5-6-14(11-15)13(2)26)12-17(25-21(18)29-22)20-24-8-9-28-20/h5-9,11-13,26H,3-4,10,23H2,1-2H3.